The summed E-state index contributed by atoms with van der Waals surface area (Å²) >= 11 is 6.72. The number of hydrogen-bond acceptors (Lipinski definition) is 4. The van der Waals surface area contributed by atoms with Gasteiger partial charge in [0.2, 0.25) is 0 Å². The Morgan fingerprint density at radius 3 is 3.05 bits per heavy atom. The molecule has 1 aromatic carbocycles. The lowest BCUT2D eigenvalue weighted by atomic mass is 10.2. The van der Waals surface area contributed by atoms with Crippen molar-refractivity contribution in [2.75, 3.05) is 6.61 Å². The van der Waals surface area contributed by atoms with Gasteiger partial charge in [0.25, 0.3) is 5.56 Å². The molecule has 2 heterocycles. The van der Waals surface area contributed by atoms with Crippen LogP contribution in [0.4, 0.5) is 0 Å². The topological polar surface area (TPSA) is 47.0 Å². The fourth-order valence-corrected chi connectivity index (χ4v) is 3.25. The highest BCUT2D eigenvalue weighted by Crippen LogP contribution is 2.16. The van der Waals surface area contributed by atoms with Gasteiger partial charge in [-0.05, 0) is 48.3 Å². The number of rotatable bonds is 4. The molecule has 0 unspecified atom stereocenters. The van der Waals surface area contributed by atoms with Crippen molar-refractivity contribution in [2.24, 2.45) is 0 Å². The third-order valence-corrected chi connectivity index (χ3v) is 4.37. The van der Waals surface area contributed by atoms with Crippen molar-refractivity contribution in [3.63, 3.8) is 0 Å². The summed E-state index contributed by atoms with van der Waals surface area (Å²) in [5.74, 6) is 0.801. The molecule has 6 heteroatoms. The van der Waals surface area contributed by atoms with E-state index in [9.17, 15) is 4.79 Å². The van der Waals surface area contributed by atoms with Gasteiger partial charge >= 0.3 is 0 Å². The van der Waals surface area contributed by atoms with E-state index in [1.54, 1.807) is 4.57 Å². The van der Waals surface area contributed by atoms with Gasteiger partial charge < -0.3 is 9.72 Å². The Labute approximate surface area is 130 Å². The van der Waals surface area contributed by atoms with E-state index in [-0.39, 0.29) is 5.56 Å². The van der Waals surface area contributed by atoms with Crippen molar-refractivity contribution < 1.29 is 4.74 Å². The fourth-order valence-electron chi connectivity index (χ4n) is 2.20. The van der Waals surface area contributed by atoms with Gasteiger partial charge in [0.15, 0.2) is 4.77 Å². The molecular formula is C15H14N2O2S2. The Bertz CT molecular complexity index is 892. The Hall–Kier alpha value is -1.92. The van der Waals surface area contributed by atoms with Gasteiger partial charge in [-0.2, -0.15) is 0 Å². The SMILES string of the molecule is CCOc1cccc(Cn2c(=S)[nH]c3ccsc3c2=O)c1. The fraction of sp³-hybridized carbons (Fsp3) is 0.200. The number of fused-ring (bicyclic) bond motifs is 1. The van der Waals surface area contributed by atoms with Gasteiger partial charge in [-0.15, -0.1) is 11.3 Å². The van der Waals surface area contributed by atoms with Crippen LogP contribution in [0, 0.1) is 4.77 Å². The molecule has 0 aliphatic heterocycles. The number of thiophene rings is 1. The standard InChI is InChI=1S/C15H14N2O2S2/c1-2-19-11-5-3-4-10(8-11)9-17-14(18)13-12(6-7-21-13)16-15(17)20/h3-8H,2,9H2,1H3,(H,16,20). The van der Waals surface area contributed by atoms with Gasteiger partial charge in [0.05, 0.1) is 18.7 Å². The van der Waals surface area contributed by atoms with Crippen LogP contribution in [0.3, 0.4) is 0 Å². The maximum atomic E-state index is 12.5. The third-order valence-electron chi connectivity index (χ3n) is 3.14. The highest BCUT2D eigenvalue weighted by molar-refractivity contribution is 7.71. The number of ether oxygens (including phenoxy) is 1. The van der Waals surface area contributed by atoms with E-state index in [2.05, 4.69) is 4.98 Å². The van der Waals surface area contributed by atoms with Crippen molar-refractivity contribution in [1.29, 1.82) is 0 Å². The lowest BCUT2D eigenvalue weighted by Crippen LogP contribution is -2.21. The summed E-state index contributed by atoms with van der Waals surface area (Å²) in [4.78, 5) is 15.6. The van der Waals surface area contributed by atoms with E-state index in [4.69, 9.17) is 17.0 Å². The highest BCUT2D eigenvalue weighted by atomic mass is 32.1. The van der Waals surface area contributed by atoms with Crippen LogP contribution in [0.1, 0.15) is 12.5 Å². The highest BCUT2D eigenvalue weighted by Gasteiger charge is 2.07. The molecule has 0 saturated heterocycles. The summed E-state index contributed by atoms with van der Waals surface area (Å²) in [5.41, 5.74) is 1.73. The Balaban J connectivity index is 2.03. The number of hydrogen-bond donors (Lipinski definition) is 1. The Kier molecular flexibility index (Phi) is 3.90. The zero-order chi connectivity index (χ0) is 14.8. The number of nitrogens with zero attached hydrogens (tertiary/aromatic N) is 1. The third kappa shape index (κ3) is 2.77. The smallest absolute Gasteiger partial charge is 0.272 e. The molecule has 0 aliphatic carbocycles. The maximum absolute atomic E-state index is 12.5. The van der Waals surface area contributed by atoms with Crippen LogP contribution >= 0.6 is 23.6 Å². The van der Waals surface area contributed by atoms with Crippen molar-refractivity contribution in [2.45, 2.75) is 13.5 Å². The van der Waals surface area contributed by atoms with Crippen molar-refractivity contribution in [1.82, 2.24) is 9.55 Å². The minimum atomic E-state index is -0.0504. The van der Waals surface area contributed by atoms with Gasteiger partial charge in [-0.1, -0.05) is 12.1 Å². The number of nitrogens with one attached hydrogen (secondary N) is 1. The number of aromatic amines is 1. The molecule has 0 saturated carbocycles. The summed E-state index contributed by atoms with van der Waals surface area (Å²) in [6.07, 6.45) is 0. The first kappa shape index (κ1) is 14.0. The normalized spacial score (nSPS) is 10.9. The minimum absolute atomic E-state index is 0.0504. The average molecular weight is 318 g/mol. The quantitative estimate of drug-likeness (QED) is 0.748. The molecule has 0 bridgehead atoms. The van der Waals surface area contributed by atoms with Crippen LogP contribution in [-0.2, 0) is 6.54 Å². The minimum Gasteiger partial charge on any atom is -0.494 e. The van der Waals surface area contributed by atoms with E-state index in [1.165, 1.54) is 11.3 Å². The summed E-state index contributed by atoms with van der Waals surface area (Å²) in [6, 6.07) is 9.59. The van der Waals surface area contributed by atoms with Crippen LogP contribution < -0.4 is 10.3 Å². The second-order valence-corrected chi connectivity index (χ2v) is 5.87. The van der Waals surface area contributed by atoms with E-state index >= 15 is 0 Å². The zero-order valence-corrected chi connectivity index (χ0v) is 13.1. The Morgan fingerprint density at radius 2 is 2.24 bits per heavy atom. The van der Waals surface area contributed by atoms with Crippen molar-refractivity contribution in [3.8, 4) is 5.75 Å². The summed E-state index contributed by atoms with van der Waals surface area (Å²) in [7, 11) is 0. The van der Waals surface area contributed by atoms with Crippen LogP contribution in [0.15, 0.2) is 40.5 Å². The van der Waals surface area contributed by atoms with Crippen LogP contribution in [-0.4, -0.2) is 16.2 Å². The van der Waals surface area contributed by atoms with Gasteiger partial charge in [-0.3, -0.25) is 9.36 Å². The summed E-state index contributed by atoms with van der Waals surface area (Å²) in [6.45, 7) is 2.99. The average Bonchev–Trinajstić information content (AvgIpc) is 2.92. The molecule has 1 N–H and O–H groups in total. The first-order valence-corrected chi connectivity index (χ1v) is 7.90. The first-order chi connectivity index (χ1) is 10.2. The molecule has 3 aromatic rings. The number of H-pyrrole nitrogens is 1. The van der Waals surface area contributed by atoms with E-state index in [0.717, 1.165) is 16.8 Å². The first-order valence-electron chi connectivity index (χ1n) is 6.61. The molecule has 0 atom stereocenters. The molecular weight excluding hydrogens is 304 g/mol. The van der Waals surface area contributed by atoms with Crippen molar-refractivity contribution in [3.05, 3.63) is 56.4 Å². The van der Waals surface area contributed by atoms with Gasteiger partial charge in [0.1, 0.15) is 10.4 Å². The molecule has 0 aliphatic rings. The van der Waals surface area contributed by atoms with Crippen LogP contribution in [0.5, 0.6) is 5.75 Å². The molecule has 0 radical (unpaired) electrons. The number of aromatic nitrogens is 2. The Morgan fingerprint density at radius 1 is 1.38 bits per heavy atom. The molecule has 0 spiro atoms. The molecule has 2 aromatic heterocycles. The molecule has 0 fully saturated rings. The maximum Gasteiger partial charge on any atom is 0.272 e. The lowest BCUT2D eigenvalue weighted by Gasteiger charge is -2.08. The summed E-state index contributed by atoms with van der Waals surface area (Å²) < 4.78 is 8.20. The largest absolute Gasteiger partial charge is 0.494 e. The molecule has 21 heavy (non-hydrogen) atoms. The monoisotopic (exact) mass is 318 g/mol. The van der Waals surface area contributed by atoms with Crippen LogP contribution in [0.2, 0.25) is 0 Å². The second kappa shape index (κ2) is 5.83. The molecule has 0 amide bonds. The summed E-state index contributed by atoms with van der Waals surface area (Å²) in [5, 5.41) is 1.89. The van der Waals surface area contributed by atoms with Gasteiger partial charge in [0, 0.05) is 0 Å². The molecule has 4 nitrogen and oxygen atoms in total. The lowest BCUT2D eigenvalue weighted by molar-refractivity contribution is 0.340. The molecule has 108 valence electrons. The van der Waals surface area contributed by atoms with E-state index < -0.39 is 0 Å². The van der Waals surface area contributed by atoms with E-state index in [0.29, 0.717) is 22.6 Å². The van der Waals surface area contributed by atoms with Crippen molar-refractivity contribution >= 4 is 33.8 Å². The predicted molar refractivity (Wildman–Crippen MR) is 88.0 cm³/mol. The van der Waals surface area contributed by atoms with Crippen LogP contribution in [0.25, 0.3) is 10.2 Å². The number of benzene rings is 1. The zero-order valence-electron chi connectivity index (χ0n) is 11.5. The van der Waals surface area contributed by atoms with E-state index in [1.807, 2.05) is 42.6 Å². The second-order valence-electron chi connectivity index (χ2n) is 4.57. The van der Waals surface area contributed by atoms with Gasteiger partial charge in [-0.25, -0.2) is 0 Å². The predicted octanol–water partition coefficient (Wildman–Crippen LogP) is 3.57. The molecule has 3 rings (SSSR count).